The molecule has 1 heterocycles. The molecule has 3 nitrogen and oxygen atoms in total. The summed E-state index contributed by atoms with van der Waals surface area (Å²) >= 11 is 1.52. The lowest BCUT2D eigenvalue weighted by Crippen LogP contribution is -2.22. The minimum atomic E-state index is -0.0281. The highest BCUT2D eigenvalue weighted by Gasteiger charge is 2.04. The van der Waals surface area contributed by atoms with E-state index < -0.39 is 0 Å². The number of carbonyl (C=O) groups excluding carboxylic acids is 1. The van der Waals surface area contributed by atoms with E-state index in [2.05, 4.69) is 5.32 Å². The Morgan fingerprint density at radius 2 is 1.95 bits per heavy atom. The van der Waals surface area contributed by atoms with Gasteiger partial charge in [0.15, 0.2) is 0 Å². The Bertz CT molecular complexity index is 505. The van der Waals surface area contributed by atoms with Crippen LogP contribution in [-0.2, 0) is 17.9 Å². The zero-order chi connectivity index (χ0) is 13.5. The number of rotatable bonds is 6. The molecule has 0 fully saturated rings. The zero-order valence-corrected chi connectivity index (χ0v) is 11.7. The number of nitrogens with one attached hydrogen (secondary N) is 1. The fourth-order valence-electron chi connectivity index (χ4n) is 1.65. The Hall–Kier alpha value is -1.65. The van der Waals surface area contributed by atoms with Crippen LogP contribution in [0.2, 0.25) is 0 Å². The van der Waals surface area contributed by atoms with Crippen LogP contribution in [0.4, 0.5) is 0 Å². The van der Waals surface area contributed by atoms with Crippen LogP contribution >= 0.6 is 11.3 Å². The average molecular weight is 275 g/mol. The number of ether oxygens (including phenoxy) is 1. The minimum Gasteiger partial charge on any atom is -0.377 e. The largest absolute Gasteiger partial charge is 0.377 e. The number of carbonyl (C=O) groups is 1. The van der Waals surface area contributed by atoms with E-state index in [0.717, 1.165) is 23.3 Å². The molecule has 0 aliphatic rings. The molecule has 1 N–H and O–H groups in total. The topological polar surface area (TPSA) is 38.3 Å². The van der Waals surface area contributed by atoms with Gasteiger partial charge in [0, 0.05) is 24.1 Å². The van der Waals surface area contributed by atoms with E-state index in [9.17, 15) is 4.79 Å². The van der Waals surface area contributed by atoms with Gasteiger partial charge in [0.25, 0.3) is 5.91 Å². The first-order chi connectivity index (χ1) is 9.29. The van der Waals surface area contributed by atoms with Gasteiger partial charge < -0.3 is 10.1 Å². The molecule has 1 amide bonds. The monoisotopic (exact) mass is 275 g/mol. The molecule has 1 aromatic heterocycles. The van der Waals surface area contributed by atoms with Crippen LogP contribution in [-0.4, -0.2) is 12.5 Å². The highest BCUT2D eigenvalue weighted by atomic mass is 32.1. The number of hydrogen-bond donors (Lipinski definition) is 1. The van der Waals surface area contributed by atoms with Crippen molar-refractivity contribution >= 4 is 17.2 Å². The van der Waals surface area contributed by atoms with E-state index >= 15 is 0 Å². The molecule has 2 rings (SSSR count). The lowest BCUT2D eigenvalue weighted by atomic mass is 10.1. The van der Waals surface area contributed by atoms with Gasteiger partial charge in [0.2, 0.25) is 0 Å². The molecule has 0 aliphatic carbocycles. The molecule has 0 saturated heterocycles. The summed E-state index contributed by atoms with van der Waals surface area (Å²) in [6.45, 7) is 3.88. The summed E-state index contributed by atoms with van der Waals surface area (Å²) in [6.07, 6.45) is 0. The van der Waals surface area contributed by atoms with Gasteiger partial charge in [0.1, 0.15) is 0 Å². The lowest BCUT2D eigenvalue weighted by Gasteiger charge is -2.06. The van der Waals surface area contributed by atoms with E-state index in [4.69, 9.17) is 4.74 Å². The molecule has 0 spiro atoms. The van der Waals surface area contributed by atoms with Crippen molar-refractivity contribution in [3.63, 3.8) is 0 Å². The van der Waals surface area contributed by atoms with Crippen molar-refractivity contribution in [2.75, 3.05) is 6.61 Å². The predicted molar refractivity (Wildman–Crippen MR) is 77.3 cm³/mol. The second-order valence-corrected chi connectivity index (χ2v) is 4.93. The second kappa shape index (κ2) is 7.07. The molecule has 0 atom stereocenters. The first-order valence-corrected chi connectivity index (χ1v) is 7.20. The molecule has 0 saturated carbocycles. The SMILES string of the molecule is CCOCc1ccc(CNC(=O)c2ccsc2)cc1. The van der Waals surface area contributed by atoms with E-state index in [1.54, 1.807) is 0 Å². The van der Waals surface area contributed by atoms with Crippen molar-refractivity contribution in [3.8, 4) is 0 Å². The lowest BCUT2D eigenvalue weighted by molar-refractivity contribution is 0.0951. The molecule has 19 heavy (non-hydrogen) atoms. The smallest absolute Gasteiger partial charge is 0.252 e. The van der Waals surface area contributed by atoms with Crippen LogP contribution in [0.1, 0.15) is 28.4 Å². The Balaban J connectivity index is 1.84. The molecular formula is C15H17NO2S. The van der Waals surface area contributed by atoms with Gasteiger partial charge in [-0.3, -0.25) is 4.79 Å². The highest BCUT2D eigenvalue weighted by molar-refractivity contribution is 7.08. The molecule has 100 valence electrons. The highest BCUT2D eigenvalue weighted by Crippen LogP contribution is 2.08. The van der Waals surface area contributed by atoms with Crippen molar-refractivity contribution in [1.29, 1.82) is 0 Å². The Labute approximate surface area is 117 Å². The number of amides is 1. The van der Waals surface area contributed by atoms with E-state index in [0.29, 0.717) is 13.2 Å². The van der Waals surface area contributed by atoms with Crippen molar-refractivity contribution in [2.45, 2.75) is 20.1 Å². The molecule has 0 bridgehead atoms. The predicted octanol–water partition coefficient (Wildman–Crippen LogP) is 3.21. The third-order valence-corrected chi connectivity index (χ3v) is 3.42. The molecule has 2 aromatic rings. The van der Waals surface area contributed by atoms with Crippen LogP contribution in [0.25, 0.3) is 0 Å². The number of hydrogen-bond acceptors (Lipinski definition) is 3. The third kappa shape index (κ3) is 4.19. The maximum atomic E-state index is 11.8. The summed E-state index contributed by atoms with van der Waals surface area (Å²) in [5.74, 6) is -0.0281. The van der Waals surface area contributed by atoms with Gasteiger partial charge in [-0.2, -0.15) is 11.3 Å². The molecule has 0 radical (unpaired) electrons. The van der Waals surface area contributed by atoms with Crippen molar-refractivity contribution < 1.29 is 9.53 Å². The normalized spacial score (nSPS) is 10.4. The first kappa shape index (κ1) is 13.8. The van der Waals surface area contributed by atoms with Gasteiger partial charge in [-0.1, -0.05) is 24.3 Å². The molecular weight excluding hydrogens is 258 g/mol. The van der Waals surface area contributed by atoms with E-state index in [1.807, 2.05) is 48.0 Å². The van der Waals surface area contributed by atoms with Crippen molar-refractivity contribution in [3.05, 3.63) is 57.8 Å². The summed E-state index contributed by atoms with van der Waals surface area (Å²) in [5.41, 5.74) is 2.96. The summed E-state index contributed by atoms with van der Waals surface area (Å²) < 4.78 is 5.34. The van der Waals surface area contributed by atoms with Crippen LogP contribution < -0.4 is 5.32 Å². The average Bonchev–Trinajstić information content (AvgIpc) is 2.98. The first-order valence-electron chi connectivity index (χ1n) is 6.25. The van der Waals surface area contributed by atoms with Gasteiger partial charge in [-0.15, -0.1) is 0 Å². The molecule has 0 aliphatic heterocycles. The van der Waals surface area contributed by atoms with Gasteiger partial charge in [-0.25, -0.2) is 0 Å². The van der Waals surface area contributed by atoms with Crippen molar-refractivity contribution in [2.24, 2.45) is 0 Å². The zero-order valence-electron chi connectivity index (χ0n) is 10.9. The number of thiophene rings is 1. The van der Waals surface area contributed by atoms with Crippen LogP contribution in [0, 0.1) is 0 Å². The Morgan fingerprint density at radius 1 is 1.21 bits per heavy atom. The van der Waals surface area contributed by atoms with Gasteiger partial charge in [0.05, 0.1) is 6.61 Å². The molecule has 4 heteroatoms. The minimum absolute atomic E-state index is 0.0281. The van der Waals surface area contributed by atoms with Crippen molar-refractivity contribution in [1.82, 2.24) is 5.32 Å². The van der Waals surface area contributed by atoms with Crippen LogP contribution in [0.3, 0.4) is 0 Å². The quantitative estimate of drug-likeness (QED) is 0.879. The van der Waals surface area contributed by atoms with Gasteiger partial charge in [-0.05, 0) is 29.5 Å². The summed E-state index contributed by atoms with van der Waals surface area (Å²) in [5, 5.41) is 6.65. The summed E-state index contributed by atoms with van der Waals surface area (Å²) in [7, 11) is 0. The van der Waals surface area contributed by atoms with E-state index in [-0.39, 0.29) is 5.91 Å². The fraction of sp³-hybridized carbons (Fsp3) is 0.267. The third-order valence-electron chi connectivity index (χ3n) is 2.73. The van der Waals surface area contributed by atoms with Crippen LogP contribution in [0.15, 0.2) is 41.1 Å². The Morgan fingerprint density at radius 3 is 2.58 bits per heavy atom. The maximum Gasteiger partial charge on any atom is 0.252 e. The molecule has 0 unspecified atom stereocenters. The summed E-state index contributed by atoms with van der Waals surface area (Å²) in [6, 6.07) is 9.92. The summed E-state index contributed by atoms with van der Waals surface area (Å²) in [4.78, 5) is 11.8. The van der Waals surface area contributed by atoms with Crippen LogP contribution in [0.5, 0.6) is 0 Å². The second-order valence-electron chi connectivity index (χ2n) is 4.15. The van der Waals surface area contributed by atoms with E-state index in [1.165, 1.54) is 11.3 Å². The number of benzene rings is 1. The maximum absolute atomic E-state index is 11.8. The molecule has 1 aromatic carbocycles. The standard InChI is InChI=1S/C15H17NO2S/c1-2-18-10-13-5-3-12(4-6-13)9-16-15(17)14-7-8-19-11-14/h3-8,11H,2,9-10H2,1H3,(H,16,17). The fourth-order valence-corrected chi connectivity index (χ4v) is 2.29. The van der Waals surface area contributed by atoms with Gasteiger partial charge >= 0.3 is 0 Å². The Kier molecular flexibility index (Phi) is 5.12.